The molecule has 0 N–H and O–H groups in total. The highest BCUT2D eigenvalue weighted by Gasteiger charge is 2.35. The van der Waals surface area contributed by atoms with Gasteiger partial charge in [-0.05, 0) is 45.5 Å². The van der Waals surface area contributed by atoms with Crippen molar-refractivity contribution in [2.24, 2.45) is 5.92 Å². The van der Waals surface area contributed by atoms with Gasteiger partial charge < -0.3 is 19.4 Å². The molecule has 2 fully saturated rings. The molecule has 2 heterocycles. The molecule has 1 aromatic rings. The van der Waals surface area contributed by atoms with Gasteiger partial charge in [0.15, 0.2) is 0 Å². The van der Waals surface area contributed by atoms with E-state index in [1.54, 1.807) is 0 Å². The van der Waals surface area contributed by atoms with Gasteiger partial charge in [0.1, 0.15) is 11.9 Å². The van der Waals surface area contributed by atoms with Crippen LogP contribution in [0.1, 0.15) is 32.1 Å². The number of carbonyl (C=O) groups excluding carboxylic acids is 2. The number of benzene rings is 1. The first-order valence-electron chi connectivity index (χ1n) is 10.4. The van der Waals surface area contributed by atoms with Gasteiger partial charge in [0.05, 0.1) is 6.54 Å². The Morgan fingerprint density at radius 1 is 1.00 bits per heavy atom. The van der Waals surface area contributed by atoms with Crippen molar-refractivity contribution in [1.29, 1.82) is 0 Å². The third kappa shape index (κ3) is 5.71. The molecule has 28 heavy (non-hydrogen) atoms. The Kier molecular flexibility index (Phi) is 7.31. The van der Waals surface area contributed by atoms with Crippen molar-refractivity contribution in [2.45, 2.75) is 38.2 Å². The quantitative estimate of drug-likeness (QED) is 0.751. The van der Waals surface area contributed by atoms with Crippen molar-refractivity contribution in [1.82, 2.24) is 14.7 Å². The molecule has 0 bridgehead atoms. The molecular formula is C22H33N3O3. The van der Waals surface area contributed by atoms with Gasteiger partial charge in [0.25, 0.3) is 0 Å². The molecule has 2 atom stereocenters. The van der Waals surface area contributed by atoms with E-state index in [2.05, 4.69) is 0 Å². The molecule has 0 unspecified atom stereocenters. The number of ether oxygens (including phenoxy) is 1. The lowest BCUT2D eigenvalue weighted by Gasteiger charge is -2.39. The predicted octanol–water partition coefficient (Wildman–Crippen LogP) is 2.25. The second kappa shape index (κ2) is 9.92. The number of piperidine rings is 2. The van der Waals surface area contributed by atoms with Crippen LogP contribution in [0.2, 0.25) is 0 Å². The van der Waals surface area contributed by atoms with E-state index < -0.39 is 0 Å². The molecule has 1 aromatic carbocycles. The van der Waals surface area contributed by atoms with Crippen LogP contribution >= 0.6 is 0 Å². The number of hydrogen-bond donors (Lipinski definition) is 0. The number of nitrogens with zero attached hydrogens (tertiary/aromatic N) is 3. The molecule has 2 saturated heterocycles. The Hall–Kier alpha value is -2.08. The SMILES string of the molecule is CN(C)CC(=O)N1CC[C@H](Oc2ccccc2)[C@@H](CC(=O)N2CCCCC2)C1. The zero-order valence-corrected chi connectivity index (χ0v) is 17.2. The van der Waals surface area contributed by atoms with E-state index in [0.717, 1.165) is 38.1 Å². The number of para-hydroxylation sites is 1. The van der Waals surface area contributed by atoms with Gasteiger partial charge in [-0.25, -0.2) is 0 Å². The molecule has 0 aliphatic carbocycles. The first-order chi connectivity index (χ1) is 13.5. The van der Waals surface area contributed by atoms with E-state index in [1.807, 2.05) is 59.1 Å². The van der Waals surface area contributed by atoms with Crippen molar-refractivity contribution in [3.8, 4) is 5.75 Å². The molecular weight excluding hydrogens is 354 g/mol. The highest BCUT2D eigenvalue weighted by molar-refractivity contribution is 5.79. The maximum Gasteiger partial charge on any atom is 0.236 e. The first-order valence-corrected chi connectivity index (χ1v) is 10.4. The molecule has 2 aliphatic heterocycles. The second-order valence-electron chi connectivity index (χ2n) is 8.24. The van der Waals surface area contributed by atoms with E-state index in [9.17, 15) is 9.59 Å². The molecule has 2 amide bonds. The van der Waals surface area contributed by atoms with E-state index in [-0.39, 0.29) is 23.8 Å². The average molecular weight is 388 g/mol. The summed E-state index contributed by atoms with van der Waals surface area (Å²) >= 11 is 0. The number of carbonyl (C=O) groups is 2. The minimum absolute atomic E-state index is 0.0227. The van der Waals surface area contributed by atoms with Crippen molar-refractivity contribution < 1.29 is 14.3 Å². The predicted molar refractivity (Wildman–Crippen MR) is 109 cm³/mol. The van der Waals surface area contributed by atoms with Gasteiger partial charge in [0.2, 0.25) is 11.8 Å². The van der Waals surface area contributed by atoms with Crippen LogP contribution in [0.25, 0.3) is 0 Å². The Balaban J connectivity index is 1.67. The molecule has 0 saturated carbocycles. The second-order valence-corrected chi connectivity index (χ2v) is 8.24. The van der Waals surface area contributed by atoms with E-state index in [1.165, 1.54) is 6.42 Å². The maximum atomic E-state index is 12.9. The zero-order chi connectivity index (χ0) is 19.9. The Bertz CT molecular complexity index is 644. The molecule has 3 rings (SSSR count). The fourth-order valence-electron chi connectivity index (χ4n) is 4.13. The summed E-state index contributed by atoms with van der Waals surface area (Å²) in [5.74, 6) is 1.18. The summed E-state index contributed by atoms with van der Waals surface area (Å²) in [7, 11) is 3.81. The average Bonchev–Trinajstić information content (AvgIpc) is 2.70. The lowest BCUT2D eigenvalue weighted by molar-refractivity contribution is -0.140. The van der Waals surface area contributed by atoms with Crippen LogP contribution in [-0.4, -0.2) is 79.4 Å². The Morgan fingerprint density at radius 2 is 1.71 bits per heavy atom. The Morgan fingerprint density at radius 3 is 2.39 bits per heavy atom. The molecule has 0 radical (unpaired) electrons. The summed E-state index contributed by atoms with van der Waals surface area (Å²) < 4.78 is 6.25. The van der Waals surface area contributed by atoms with Crippen LogP contribution in [0.4, 0.5) is 0 Å². The van der Waals surface area contributed by atoms with Crippen LogP contribution in [-0.2, 0) is 9.59 Å². The van der Waals surface area contributed by atoms with Gasteiger partial charge in [-0.3, -0.25) is 9.59 Å². The van der Waals surface area contributed by atoms with Crippen LogP contribution in [0.15, 0.2) is 30.3 Å². The standard InChI is InChI=1S/C22H33N3O3/c1-23(2)17-22(27)25-14-11-20(28-19-9-5-3-6-10-19)18(16-25)15-21(26)24-12-7-4-8-13-24/h3,5-6,9-10,18,20H,4,7-8,11-17H2,1-2H3/t18-,20-/m0/s1. The van der Waals surface area contributed by atoms with Gasteiger partial charge >= 0.3 is 0 Å². The van der Waals surface area contributed by atoms with Crippen LogP contribution in [0.5, 0.6) is 5.75 Å². The fraction of sp³-hybridized carbons (Fsp3) is 0.636. The third-order valence-electron chi connectivity index (χ3n) is 5.64. The summed E-state index contributed by atoms with van der Waals surface area (Å²) in [6.45, 7) is 3.39. The van der Waals surface area contributed by atoms with Gasteiger partial charge in [-0.2, -0.15) is 0 Å². The minimum atomic E-state index is -0.0421. The zero-order valence-electron chi connectivity index (χ0n) is 17.2. The van der Waals surface area contributed by atoms with E-state index in [4.69, 9.17) is 4.74 Å². The molecule has 2 aliphatic rings. The highest BCUT2D eigenvalue weighted by atomic mass is 16.5. The largest absolute Gasteiger partial charge is 0.490 e. The normalized spacial score (nSPS) is 23.0. The van der Waals surface area contributed by atoms with Crippen molar-refractivity contribution >= 4 is 11.8 Å². The summed E-state index contributed by atoms with van der Waals surface area (Å²) in [5, 5.41) is 0. The monoisotopic (exact) mass is 387 g/mol. The first kappa shape index (κ1) is 20.6. The van der Waals surface area contributed by atoms with Crippen LogP contribution < -0.4 is 4.74 Å². The summed E-state index contributed by atoms with van der Waals surface area (Å²) in [4.78, 5) is 31.2. The number of likely N-dealkylation sites (tertiary alicyclic amines) is 2. The van der Waals surface area contributed by atoms with Crippen LogP contribution in [0, 0.1) is 5.92 Å². The number of likely N-dealkylation sites (N-methyl/N-ethyl adjacent to an activating group) is 1. The van der Waals surface area contributed by atoms with Gasteiger partial charge in [0, 0.05) is 44.9 Å². The molecule has 0 aromatic heterocycles. The lowest BCUT2D eigenvalue weighted by atomic mass is 9.90. The van der Waals surface area contributed by atoms with E-state index >= 15 is 0 Å². The molecule has 154 valence electrons. The summed E-state index contributed by atoms with van der Waals surface area (Å²) in [5.41, 5.74) is 0. The van der Waals surface area contributed by atoms with Crippen molar-refractivity contribution in [2.75, 3.05) is 46.8 Å². The molecule has 6 nitrogen and oxygen atoms in total. The Labute approximate surface area is 168 Å². The van der Waals surface area contributed by atoms with Gasteiger partial charge in [-0.15, -0.1) is 0 Å². The number of amides is 2. The highest BCUT2D eigenvalue weighted by Crippen LogP contribution is 2.27. The van der Waals surface area contributed by atoms with Crippen molar-refractivity contribution in [3.05, 3.63) is 30.3 Å². The number of rotatable bonds is 6. The maximum absolute atomic E-state index is 12.9. The summed E-state index contributed by atoms with van der Waals surface area (Å²) in [6.07, 6.45) is 4.55. The van der Waals surface area contributed by atoms with E-state index in [0.29, 0.717) is 26.1 Å². The molecule has 6 heteroatoms. The number of hydrogen-bond acceptors (Lipinski definition) is 4. The minimum Gasteiger partial charge on any atom is -0.490 e. The summed E-state index contributed by atoms with van der Waals surface area (Å²) in [6, 6.07) is 9.78. The van der Waals surface area contributed by atoms with Crippen LogP contribution in [0.3, 0.4) is 0 Å². The molecule has 0 spiro atoms. The third-order valence-corrected chi connectivity index (χ3v) is 5.64. The topological polar surface area (TPSA) is 53.1 Å². The van der Waals surface area contributed by atoms with Crippen molar-refractivity contribution in [3.63, 3.8) is 0 Å². The fourth-order valence-corrected chi connectivity index (χ4v) is 4.13. The van der Waals surface area contributed by atoms with Gasteiger partial charge in [-0.1, -0.05) is 18.2 Å². The smallest absolute Gasteiger partial charge is 0.236 e. The lowest BCUT2D eigenvalue weighted by Crippen LogP contribution is -2.51.